The van der Waals surface area contributed by atoms with Crippen molar-refractivity contribution >= 4 is 23.3 Å². The first kappa shape index (κ1) is 18.2. The van der Waals surface area contributed by atoms with E-state index in [4.69, 9.17) is 14.2 Å². The van der Waals surface area contributed by atoms with Crippen LogP contribution < -0.4 is 14.8 Å². The summed E-state index contributed by atoms with van der Waals surface area (Å²) in [5, 5.41) is 13.9. The number of aryl methyl sites for hydroxylation is 1. The highest BCUT2D eigenvalue weighted by atomic mass is 16.7. The zero-order valence-electron chi connectivity index (χ0n) is 14.6. The van der Waals surface area contributed by atoms with Crippen LogP contribution in [0.15, 0.2) is 36.4 Å². The fraction of sp³-hybridized carbons (Fsp3) is 0.222. The Balaban J connectivity index is 1.76. The minimum absolute atomic E-state index is 0.0970. The lowest BCUT2D eigenvalue weighted by molar-refractivity contribution is -0.385. The topological polar surface area (TPSA) is 117 Å². The first-order valence-electron chi connectivity index (χ1n) is 8.02. The molecule has 0 aromatic heterocycles. The number of nitro groups is 1. The molecule has 3 rings (SSSR count). The minimum Gasteiger partial charge on any atom is -0.454 e. The minimum atomic E-state index is -1.16. The number of rotatable bonds is 5. The molecule has 140 valence electrons. The predicted molar refractivity (Wildman–Crippen MR) is 93.9 cm³/mol. The van der Waals surface area contributed by atoms with Gasteiger partial charge >= 0.3 is 5.97 Å². The van der Waals surface area contributed by atoms with Gasteiger partial charge in [0.1, 0.15) is 5.56 Å². The van der Waals surface area contributed by atoms with Crippen LogP contribution in [0.3, 0.4) is 0 Å². The summed E-state index contributed by atoms with van der Waals surface area (Å²) in [6.07, 6.45) is -1.16. The van der Waals surface area contributed by atoms with Crippen LogP contribution in [-0.4, -0.2) is 29.7 Å². The van der Waals surface area contributed by atoms with Crippen LogP contribution in [-0.2, 0) is 9.53 Å². The van der Waals surface area contributed by atoms with Gasteiger partial charge in [-0.05, 0) is 25.5 Å². The van der Waals surface area contributed by atoms with Gasteiger partial charge in [0, 0.05) is 11.8 Å². The standard InChI is InChI=1S/C18H16N2O7/c1-10-5-3-4-6-13(10)19-17(21)11(2)27-18(22)12-7-15-16(26-9-25-15)8-14(12)20(23)24/h3-8,11H,9H2,1-2H3,(H,19,21). The number of hydrogen-bond acceptors (Lipinski definition) is 7. The van der Waals surface area contributed by atoms with Crippen LogP contribution in [0.2, 0.25) is 0 Å². The Morgan fingerprint density at radius 1 is 1.22 bits per heavy atom. The second-order valence-corrected chi connectivity index (χ2v) is 5.83. The molecular weight excluding hydrogens is 356 g/mol. The SMILES string of the molecule is Cc1ccccc1NC(=O)C(C)OC(=O)c1cc2c(cc1[N+](=O)[O-])OCO2. The molecule has 0 spiro atoms. The molecule has 1 heterocycles. The Bertz CT molecular complexity index is 926. The normalized spacial score (nSPS) is 13.0. The number of hydrogen-bond donors (Lipinski definition) is 1. The second-order valence-electron chi connectivity index (χ2n) is 5.83. The molecule has 0 saturated heterocycles. The molecule has 2 aromatic carbocycles. The molecule has 1 unspecified atom stereocenters. The molecule has 1 aliphatic rings. The molecule has 1 N–H and O–H groups in total. The van der Waals surface area contributed by atoms with E-state index in [-0.39, 0.29) is 23.9 Å². The van der Waals surface area contributed by atoms with E-state index < -0.39 is 28.6 Å². The van der Waals surface area contributed by atoms with E-state index in [9.17, 15) is 19.7 Å². The van der Waals surface area contributed by atoms with Crippen molar-refractivity contribution < 1.29 is 28.7 Å². The third-order valence-electron chi connectivity index (χ3n) is 3.96. The van der Waals surface area contributed by atoms with Crippen LogP contribution in [0.1, 0.15) is 22.8 Å². The number of nitrogens with one attached hydrogen (secondary N) is 1. The zero-order chi connectivity index (χ0) is 19.6. The fourth-order valence-corrected chi connectivity index (χ4v) is 2.47. The van der Waals surface area contributed by atoms with Crippen molar-refractivity contribution in [3.8, 4) is 11.5 Å². The third-order valence-corrected chi connectivity index (χ3v) is 3.96. The summed E-state index contributed by atoms with van der Waals surface area (Å²) in [5.74, 6) is -1.19. The second kappa shape index (κ2) is 7.32. The molecular formula is C18H16N2O7. The molecule has 0 fully saturated rings. The van der Waals surface area contributed by atoms with Crippen LogP contribution in [0.25, 0.3) is 0 Å². The number of benzene rings is 2. The third kappa shape index (κ3) is 3.81. The number of amides is 1. The lowest BCUT2D eigenvalue weighted by Crippen LogP contribution is -2.30. The molecule has 9 heteroatoms. The highest BCUT2D eigenvalue weighted by Crippen LogP contribution is 2.38. The molecule has 1 amide bonds. The Hall–Kier alpha value is -3.62. The summed E-state index contributed by atoms with van der Waals surface area (Å²) in [6, 6.07) is 9.39. The van der Waals surface area contributed by atoms with Crippen molar-refractivity contribution in [2.24, 2.45) is 0 Å². The summed E-state index contributed by atoms with van der Waals surface area (Å²) >= 11 is 0. The van der Waals surface area contributed by atoms with Crippen molar-refractivity contribution in [1.29, 1.82) is 0 Å². The van der Waals surface area contributed by atoms with Gasteiger partial charge in [-0.2, -0.15) is 0 Å². The van der Waals surface area contributed by atoms with Gasteiger partial charge in [-0.25, -0.2) is 4.79 Å². The van der Waals surface area contributed by atoms with Crippen molar-refractivity contribution in [1.82, 2.24) is 0 Å². The Morgan fingerprint density at radius 3 is 2.56 bits per heavy atom. The highest BCUT2D eigenvalue weighted by Gasteiger charge is 2.30. The van der Waals surface area contributed by atoms with Crippen LogP contribution >= 0.6 is 0 Å². The molecule has 0 radical (unpaired) electrons. The van der Waals surface area contributed by atoms with Crippen molar-refractivity contribution in [2.75, 3.05) is 12.1 Å². The maximum Gasteiger partial charge on any atom is 0.346 e. The van der Waals surface area contributed by atoms with Gasteiger partial charge in [0.2, 0.25) is 6.79 Å². The lowest BCUT2D eigenvalue weighted by Gasteiger charge is -2.15. The Labute approximate surface area is 154 Å². The van der Waals surface area contributed by atoms with E-state index in [0.717, 1.165) is 11.6 Å². The molecule has 9 nitrogen and oxygen atoms in total. The Morgan fingerprint density at radius 2 is 1.89 bits per heavy atom. The number of ether oxygens (including phenoxy) is 3. The molecule has 27 heavy (non-hydrogen) atoms. The van der Waals surface area contributed by atoms with Crippen LogP contribution in [0, 0.1) is 17.0 Å². The van der Waals surface area contributed by atoms with E-state index in [0.29, 0.717) is 5.69 Å². The first-order chi connectivity index (χ1) is 12.9. The number of nitro benzene ring substituents is 1. The van der Waals surface area contributed by atoms with Gasteiger partial charge in [-0.3, -0.25) is 14.9 Å². The lowest BCUT2D eigenvalue weighted by atomic mass is 10.1. The van der Waals surface area contributed by atoms with Crippen LogP contribution in [0.4, 0.5) is 11.4 Å². The monoisotopic (exact) mass is 372 g/mol. The van der Waals surface area contributed by atoms with Crippen molar-refractivity contribution in [2.45, 2.75) is 20.0 Å². The quantitative estimate of drug-likeness (QED) is 0.487. The van der Waals surface area contributed by atoms with E-state index in [2.05, 4.69) is 5.32 Å². The van der Waals surface area contributed by atoms with E-state index in [1.807, 2.05) is 19.1 Å². The van der Waals surface area contributed by atoms with Gasteiger partial charge in [-0.15, -0.1) is 0 Å². The predicted octanol–water partition coefficient (Wildman–Crippen LogP) is 2.82. The smallest absolute Gasteiger partial charge is 0.346 e. The van der Waals surface area contributed by atoms with Gasteiger partial charge < -0.3 is 19.5 Å². The Kier molecular flexibility index (Phi) is 4.93. The average molecular weight is 372 g/mol. The fourth-order valence-electron chi connectivity index (χ4n) is 2.47. The number of para-hydroxylation sites is 1. The van der Waals surface area contributed by atoms with Crippen molar-refractivity contribution in [3.63, 3.8) is 0 Å². The number of anilines is 1. The summed E-state index contributed by atoms with van der Waals surface area (Å²) < 4.78 is 15.3. The average Bonchev–Trinajstić information content (AvgIpc) is 3.09. The maximum absolute atomic E-state index is 12.4. The number of nitrogens with zero attached hydrogens (tertiary/aromatic N) is 1. The number of carbonyl (C=O) groups excluding carboxylic acids is 2. The molecule has 1 atom stereocenters. The number of carbonyl (C=O) groups is 2. The molecule has 0 aliphatic carbocycles. The van der Waals surface area contributed by atoms with E-state index in [1.54, 1.807) is 12.1 Å². The summed E-state index contributed by atoms with van der Waals surface area (Å²) in [7, 11) is 0. The molecule has 1 aliphatic heterocycles. The number of esters is 1. The summed E-state index contributed by atoms with van der Waals surface area (Å²) in [6.45, 7) is 3.10. The van der Waals surface area contributed by atoms with Crippen molar-refractivity contribution in [3.05, 3.63) is 57.6 Å². The first-order valence-corrected chi connectivity index (χ1v) is 8.02. The van der Waals surface area contributed by atoms with Gasteiger partial charge in [0.05, 0.1) is 11.0 Å². The van der Waals surface area contributed by atoms with Gasteiger partial charge in [0.25, 0.3) is 11.6 Å². The largest absolute Gasteiger partial charge is 0.454 e. The number of fused-ring (bicyclic) bond motifs is 1. The van der Waals surface area contributed by atoms with E-state index >= 15 is 0 Å². The maximum atomic E-state index is 12.4. The van der Waals surface area contributed by atoms with E-state index in [1.165, 1.54) is 13.0 Å². The molecule has 0 saturated carbocycles. The zero-order valence-corrected chi connectivity index (χ0v) is 14.6. The van der Waals surface area contributed by atoms with Gasteiger partial charge in [0.15, 0.2) is 17.6 Å². The molecule has 2 aromatic rings. The van der Waals surface area contributed by atoms with Gasteiger partial charge in [-0.1, -0.05) is 18.2 Å². The van der Waals surface area contributed by atoms with Crippen LogP contribution in [0.5, 0.6) is 11.5 Å². The highest BCUT2D eigenvalue weighted by molar-refractivity contribution is 5.99. The summed E-state index contributed by atoms with van der Waals surface area (Å²) in [4.78, 5) is 35.2. The molecule has 0 bridgehead atoms. The summed E-state index contributed by atoms with van der Waals surface area (Å²) in [5.41, 5.74) is 0.616.